The molecule has 0 spiro atoms. The second kappa shape index (κ2) is 6.61. The first-order valence-corrected chi connectivity index (χ1v) is 6.99. The number of piperidine rings is 1. The zero-order valence-electron chi connectivity index (χ0n) is 11.5. The maximum atomic E-state index is 9.15. The largest absolute Gasteiger partial charge is 0.476 e. The third-order valence-electron chi connectivity index (χ3n) is 3.51. The standard InChI is InChI=1S/C14H23N3O2/c1-2-9-19-14-12(15)3-4-13(16-14)17-7-5-11(10-18)6-8-17/h3-4,11,18H,2,5-10,15H2,1H3. The van der Waals surface area contributed by atoms with Crippen molar-refractivity contribution in [3.05, 3.63) is 12.1 Å². The minimum absolute atomic E-state index is 0.286. The summed E-state index contributed by atoms with van der Waals surface area (Å²) in [7, 11) is 0. The SMILES string of the molecule is CCCOc1nc(N2CCC(CO)CC2)ccc1N. The Labute approximate surface area is 114 Å². The van der Waals surface area contributed by atoms with Crippen molar-refractivity contribution in [2.75, 3.05) is 36.9 Å². The number of hydrogen-bond donors (Lipinski definition) is 2. The van der Waals surface area contributed by atoms with Crippen molar-refractivity contribution >= 4 is 11.5 Å². The summed E-state index contributed by atoms with van der Waals surface area (Å²) in [6.45, 7) is 4.82. The number of ether oxygens (including phenoxy) is 1. The minimum atomic E-state index is 0.286. The lowest BCUT2D eigenvalue weighted by molar-refractivity contribution is 0.202. The molecule has 1 saturated heterocycles. The first-order valence-electron chi connectivity index (χ1n) is 6.99. The monoisotopic (exact) mass is 265 g/mol. The number of nitrogens with two attached hydrogens (primary N) is 1. The number of nitrogen functional groups attached to an aromatic ring is 1. The van der Waals surface area contributed by atoms with Crippen molar-refractivity contribution in [1.29, 1.82) is 0 Å². The van der Waals surface area contributed by atoms with Crippen LogP contribution in [0.3, 0.4) is 0 Å². The van der Waals surface area contributed by atoms with Gasteiger partial charge < -0.3 is 20.5 Å². The minimum Gasteiger partial charge on any atom is -0.476 e. The van der Waals surface area contributed by atoms with Crippen LogP contribution in [0.5, 0.6) is 5.88 Å². The summed E-state index contributed by atoms with van der Waals surface area (Å²) in [5, 5.41) is 9.15. The van der Waals surface area contributed by atoms with Gasteiger partial charge in [-0.3, -0.25) is 0 Å². The fourth-order valence-corrected chi connectivity index (χ4v) is 2.28. The molecule has 1 fully saturated rings. The van der Waals surface area contributed by atoms with E-state index in [0.717, 1.165) is 38.2 Å². The second-order valence-corrected chi connectivity index (χ2v) is 5.03. The Morgan fingerprint density at radius 2 is 2.16 bits per heavy atom. The van der Waals surface area contributed by atoms with Gasteiger partial charge in [-0.15, -0.1) is 0 Å². The summed E-state index contributed by atoms with van der Waals surface area (Å²) >= 11 is 0. The molecule has 1 aromatic rings. The molecule has 0 atom stereocenters. The molecule has 0 amide bonds. The number of hydrogen-bond acceptors (Lipinski definition) is 5. The zero-order chi connectivity index (χ0) is 13.7. The highest BCUT2D eigenvalue weighted by Crippen LogP contribution is 2.26. The average molecular weight is 265 g/mol. The number of anilines is 2. The summed E-state index contributed by atoms with van der Waals surface area (Å²) in [6.07, 6.45) is 2.95. The molecule has 5 heteroatoms. The van der Waals surface area contributed by atoms with Crippen molar-refractivity contribution in [2.24, 2.45) is 5.92 Å². The molecule has 0 saturated carbocycles. The molecular weight excluding hydrogens is 242 g/mol. The van der Waals surface area contributed by atoms with Gasteiger partial charge in [0.05, 0.1) is 12.3 Å². The Balaban J connectivity index is 2.04. The molecule has 0 aliphatic carbocycles. The molecule has 5 nitrogen and oxygen atoms in total. The number of aliphatic hydroxyl groups excluding tert-OH is 1. The smallest absolute Gasteiger partial charge is 0.239 e. The van der Waals surface area contributed by atoms with Gasteiger partial charge in [-0.1, -0.05) is 6.92 Å². The molecule has 1 aliphatic heterocycles. The predicted octanol–water partition coefficient (Wildman–Crippen LogP) is 1.66. The first kappa shape index (κ1) is 13.9. The molecule has 1 aromatic heterocycles. The fourth-order valence-electron chi connectivity index (χ4n) is 2.28. The van der Waals surface area contributed by atoms with Gasteiger partial charge in [0.1, 0.15) is 5.82 Å². The van der Waals surface area contributed by atoms with Gasteiger partial charge in [0, 0.05) is 19.7 Å². The lowest BCUT2D eigenvalue weighted by Gasteiger charge is -2.32. The van der Waals surface area contributed by atoms with E-state index in [2.05, 4.69) is 16.8 Å². The maximum Gasteiger partial charge on any atom is 0.239 e. The summed E-state index contributed by atoms with van der Waals surface area (Å²) in [5.74, 6) is 1.88. The highest BCUT2D eigenvalue weighted by molar-refractivity contribution is 5.54. The molecular formula is C14H23N3O2. The van der Waals surface area contributed by atoms with E-state index in [1.807, 2.05) is 12.1 Å². The van der Waals surface area contributed by atoms with E-state index in [1.165, 1.54) is 0 Å². The third-order valence-corrected chi connectivity index (χ3v) is 3.51. The number of aliphatic hydroxyl groups is 1. The van der Waals surface area contributed by atoms with Crippen LogP contribution in [0, 0.1) is 5.92 Å². The van der Waals surface area contributed by atoms with Crippen LogP contribution >= 0.6 is 0 Å². The Hall–Kier alpha value is -1.49. The molecule has 0 bridgehead atoms. The van der Waals surface area contributed by atoms with E-state index in [9.17, 15) is 0 Å². The molecule has 19 heavy (non-hydrogen) atoms. The van der Waals surface area contributed by atoms with Gasteiger partial charge in [-0.05, 0) is 37.3 Å². The van der Waals surface area contributed by atoms with Crippen molar-refractivity contribution in [1.82, 2.24) is 4.98 Å². The summed E-state index contributed by atoms with van der Waals surface area (Å²) < 4.78 is 5.56. The summed E-state index contributed by atoms with van der Waals surface area (Å²) in [5.41, 5.74) is 6.45. The first-order chi connectivity index (χ1) is 9.24. The second-order valence-electron chi connectivity index (χ2n) is 5.03. The molecule has 0 unspecified atom stereocenters. The van der Waals surface area contributed by atoms with Crippen molar-refractivity contribution in [2.45, 2.75) is 26.2 Å². The molecule has 0 aromatic carbocycles. The van der Waals surface area contributed by atoms with E-state index < -0.39 is 0 Å². The van der Waals surface area contributed by atoms with Crippen LogP contribution in [0.1, 0.15) is 26.2 Å². The maximum absolute atomic E-state index is 9.15. The molecule has 0 radical (unpaired) electrons. The third kappa shape index (κ3) is 3.50. The lowest BCUT2D eigenvalue weighted by Crippen LogP contribution is -2.35. The van der Waals surface area contributed by atoms with Gasteiger partial charge in [0.2, 0.25) is 5.88 Å². The molecule has 2 heterocycles. The Morgan fingerprint density at radius 1 is 1.42 bits per heavy atom. The highest BCUT2D eigenvalue weighted by atomic mass is 16.5. The van der Waals surface area contributed by atoms with Gasteiger partial charge in [0.15, 0.2) is 0 Å². The van der Waals surface area contributed by atoms with Gasteiger partial charge >= 0.3 is 0 Å². The van der Waals surface area contributed by atoms with Crippen LogP contribution in [0.2, 0.25) is 0 Å². The van der Waals surface area contributed by atoms with Crippen LogP contribution < -0.4 is 15.4 Å². The topological polar surface area (TPSA) is 71.6 Å². The van der Waals surface area contributed by atoms with Crippen molar-refractivity contribution in [3.63, 3.8) is 0 Å². The Morgan fingerprint density at radius 3 is 2.79 bits per heavy atom. The predicted molar refractivity (Wildman–Crippen MR) is 76.5 cm³/mol. The summed E-state index contributed by atoms with van der Waals surface area (Å²) in [4.78, 5) is 6.73. The van der Waals surface area contributed by atoms with Crippen LogP contribution in [0.15, 0.2) is 12.1 Å². The van der Waals surface area contributed by atoms with Crippen LogP contribution in [0.25, 0.3) is 0 Å². The Kier molecular flexibility index (Phi) is 4.85. The van der Waals surface area contributed by atoms with Crippen LogP contribution in [-0.4, -0.2) is 36.4 Å². The molecule has 106 valence electrons. The van der Waals surface area contributed by atoms with Crippen LogP contribution in [0.4, 0.5) is 11.5 Å². The molecule has 1 aliphatic rings. The van der Waals surface area contributed by atoms with Gasteiger partial charge in [0.25, 0.3) is 0 Å². The van der Waals surface area contributed by atoms with Crippen molar-refractivity contribution < 1.29 is 9.84 Å². The van der Waals surface area contributed by atoms with Gasteiger partial charge in [-0.2, -0.15) is 4.98 Å². The van der Waals surface area contributed by atoms with E-state index in [-0.39, 0.29) is 6.61 Å². The van der Waals surface area contributed by atoms with Crippen LogP contribution in [-0.2, 0) is 0 Å². The average Bonchev–Trinajstić information content (AvgIpc) is 2.46. The van der Waals surface area contributed by atoms with E-state index in [4.69, 9.17) is 15.6 Å². The lowest BCUT2D eigenvalue weighted by atomic mass is 9.98. The van der Waals surface area contributed by atoms with Gasteiger partial charge in [-0.25, -0.2) is 0 Å². The number of nitrogens with zero attached hydrogens (tertiary/aromatic N) is 2. The molecule has 2 rings (SSSR count). The van der Waals surface area contributed by atoms with E-state index in [0.29, 0.717) is 24.1 Å². The number of aromatic nitrogens is 1. The normalized spacial score (nSPS) is 16.6. The highest BCUT2D eigenvalue weighted by Gasteiger charge is 2.20. The number of rotatable bonds is 5. The Bertz CT molecular complexity index is 404. The summed E-state index contributed by atoms with van der Waals surface area (Å²) in [6, 6.07) is 3.79. The van der Waals surface area contributed by atoms with E-state index in [1.54, 1.807) is 0 Å². The fraction of sp³-hybridized carbons (Fsp3) is 0.643. The molecule has 3 N–H and O–H groups in total. The quantitative estimate of drug-likeness (QED) is 0.847. The van der Waals surface area contributed by atoms with E-state index >= 15 is 0 Å². The number of pyridine rings is 1. The van der Waals surface area contributed by atoms with Crippen molar-refractivity contribution in [3.8, 4) is 5.88 Å². The zero-order valence-corrected chi connectivity index (χ0v) is 11.5.